The number of aliphatic hydroxyl groups is 1. The van der Waals surface area contributed by atoms with Gasteiger partial charge < -0.3 is 14.2 Å². The van der Waals surface area contributed by atoms with E-state index in [1.807, 2.05) is 26.0 Å². The average molecular weight is 347 g/mol. The zero-order chi connectivity index (χ0) is 18.5. The summed E-state index contributed by atoms with van der Waals surface area (Å²) < 4.78 is 11.9. The van der Waals surface area contributed by atoms with E-state index in [1.54, 1.807) is 26.2 Å². The van der Waals surface area contributed by atoms with Crippen molar-refractivity contribution in [1.82, 2.24) is 4.98 Å². The Bertz CT molecular complexity index is 1110. The molecule has 0 fully saturated rings. The third kappa shape index (κ3) is 2.77. The SMILES string of the molecule is CC(C)(O)C(C)(C)OBc1ccc2c(ccc3oc4cnccc4c32)c1. The molecule has 0 aliphatic heterocycles. The van der Waals surface area contributed by atoms with Gasteiger partial charge in [0.1, 0.15) is 5.58 Å². The van der Waals surface area contributed by atoms with Crippen LogP contribution in [-0.4, -0.2) is 28.8 Å². The highest BCUT2D eigenvalue weighted by molar-refractivity contribution is 6.47. The van der Waals surface area contributed by atoms with E-state index in [1.165, 1.54) is 0 Å². The second-order valence-electron chi connectivity index (χ2n) is 7.83. The van der Waals surface area contributed by atoms with Gasteiger partial charge in [-0.1, -0.05) is 29.7 Å². The molecular weight excluding hydrogens is 325 g/mol. The van der Waals surface area contributed by atoms with E-state index < -0.39 is 11.2 Å². The zero-order valence-electron chi connectivity index (χ0n) is 15.5. The van der Waals surface area contributed by atoms with Crippen LogP contribution < -0.4 is 5.46 Å². The van der Waals surface area contributed by atoms with Crippen LogP contribution in [0.5, 0.6) is 0 Å². The molecular formula is C21H22BNO3. The van der Waals surface area contributed by atoms with Gasteiger partial charge in [-0.15, -0.1) is 0 Å². The van der Waals surface area contributed by atoms with Gasteiger partial charge in [0.25, 0.3) is 0 Å². The maximum atomic E-state index is 10.2. The standard InChI is InChI=1S/C21H22BNO3/c1-20(2,24)21(3,4)26-22-14-6-7-15-13(11-14)5-8-17-19(15)16-9-10-23-12-18(16)25-17/h5-12,22,24H,1-4H3. The van der Waals surface area contributed by atoms with Gasteiger partial charge in [-0.2, -0.15) is 0 Å². The lowest BCUT2D eigenvalue weighted by Gasteiger charge is -2.37. The topological polar surface area (TPSA) is 55.5 Å². The van der Waals surface area contributed by atoms with E-state index in [0.29, 0.717) is 7.48 Å². The summed E-state index contributed by atoms with van der Waals surface area (Å²) in [6.45, 7) is 7.35. The first kappa shape index (κ1) is 17.1. The molecule has 0 amide bonds. The van der Waals surface area contributed by atoms with Crippen LogP contribution in [0.2, 0.25) is 0 Å². The van der Waals surface area contributed by atoms with Crippen molar-refractivity contribution < 1.29 is 14.2 Å². The summed E-state index contributed by atoms with van der Waals surface area (Å²) >= 11 is 0. The van der Waals surface area contributed by atoms with Crippen molar-refractivity contribution in [3.63, 3.8) is 0 Å². The summed E-state index contributed by atoms with van der Waals surface area (Å²) in [6.07, 6.45) is 3.54. The fourth-order valence-electron chi connectivity index (χ4n) is 3.04. The third-order valence-corrected chi connectivity index (χ3v) is 5.39. The fraction of sp³-hybridized carbons (Fsp3) is 0.286. The highest BCUT2D eigenvalue weighted by atomic mass is 16.5. The number of hydrogen-bond donors (Lipinski definition) is 1. The lowest BCUT2D eigenvalue weighted by molar-refractivity contribution is -0.0893. The van der Waals surface area contributed by atoms with Crippen LogP contribution in [0.4, 0.5) is 0 Å². The molecule has 0 spiro atoms. The van der Waals surface area contributed by atoms with Crippen molar-refractivity contribution in [3.05, 3.63) is 48.8 Å². The molecule has 0 aliphatic rings. The minimum absolute atomic E-state index is 0.445. The van der Waals surface area contributed by atoms with E-state index in [4.69, 9.17) is 9.07 Å². The molecule has 0 saturated carbocycles. The number of furan rings is 1. The minimum Gasteiger partial charge on any atom is -0.454 e. The zero-order valence-corrected chi connectivity index (χ0v) is 15.5. The minimum atomic E-state index is -0.917. The van der Waals surface area contributed by atoms with Crippen LogP contribution in [0, 0.1) is 0 Å². The largest absolute Gasteiger partial charge is 0.454 e. The molecule has 0 atom stereocenters. The summed E-state index contributed by atoms with van der Waals surface area (Å²) in [5.41, 5.74) is 1.19. The predicted molar refractivity (Wildman–Crippen MR) is 107 cm³/mol. The Morgan fingerprint density at radius 3 is 2.58 bits per heavy atom. The van der Waals surface area contributed by atoms with Gasteiger partial charge in [0.2, 0.25) is 0 Å². The van der Waals surface area contributed by atoms with Crippen molar-refractivity contribution in [1.29, 1.82) is 0 Å². The Kier molecular flexibility index (Phi) is 3.83. The Hall–Kier alpha value is -2.37. The quantitative estimate of drug-likeness (QED) is 0.572. The van der Waals surface area contributed by atoms with E-state index in [0.717, 1.165) is 38.2 Å². The van der Waals surface area contributed by atoms with Crippen molar-refractivity contribution in [3.8, 4) is 0 Å². The monoisotopic (exact) mass is 347 g/mol. The van der Waals surface area contributed by atoms with Crippen molar-refractivity contribution in [2.75, 3.05) is 0 Å². The first-order valence-electron chi connectivity index (χ1n) is 8.80. The van der Waals surface area contributed by atoms with E-state index >= 15 is 0 Å². The second-order valence-corrected chi connectivity index (χ2v) is 7.83. The number of rotatable bonds is 4. The molecule has 5 heteroatoms. The van der Waals surface area contributed by atoms with Gasteiger partial charge in [-0.3, -0.25) is 4.98 Å². The molecule has 4 aromatic rings. The Labute approximate surface area is 153 Å². The summed E-state index contributed by atoms with van der Waals surface area (Å²) in [6, 6.07) is 12.4. The Balaban J connectivity index is 1.74. The van der Waals surface area contributed by atoms with Crippen LogP contribution >= 0.6 is 0 Å². The maximum absolute atomic E-state index is 10.2. The first-order chi connectivity index (χ1) is 12.3. The molecule has 132 valence electrons. The Morgan fingerprint density at radius 1 is 1.00 bits per heavy atom. The van der Waals surface area contributed by atoms with Crippen LogP contribution in [0.1, 0.15) is 27.7 Å². The predicted octanol–water partition coefficient (Wildman–Crippen LogP) is 3.68. The molecule has 0 bridgehead atoms. The lowest BCUT2D eigenvalue weighted by atomic mass is 9.82. The van der Waals surface area contributed by atoms with Crippen molar-refractivity contribution in [2.45, 2.75) is 38.9 Å². The normalized spacial score (nSPS) is 13.0. The summed E-state index contributed by atoms with van der Waals surface area (Å²) in [5.74, 6) is 0. The van der Waals surface area contributed by atoms with Crippen LogP contribution in [0.25, 0.3) is 32.7 Å². The van der Waals surface area contributed by atoms with Gasteiger partial charge in [-0.25, -0.2) is 0 Å². The second kappa shape index (κ2) is 5.83. The van der Waals surface area contributed by atoms with E-state index in [2.05, 4.69) is 29.2 Å². The first-order valence-corrected chi connectivity index (χ1v) is 8.80. The third-order valence-electron chi connectivity index (χ3n) is 5.39. The molecule has 4 rings (SSSR count). The summed E-state index contributed by atoms with van der Waals surface area (Å²) in [5, 5.41) is 14.7. The molecule has 0 radical (unpaired) electrons. The Morgan fingerprint density at radius 2 is 1.81 bits per heavy atom. The lowest BCUT2D eigenvalue weighted by Crippen LogP contribution is -2.49. The molecule has 2 aromatic carbocycles. The molecule has 2 heterocycles. The summed E-state index contributed by atoms with van der Waals surface area (Å²) in [4.78, 5) is 4.14. The number of hydrogen-bond acceptors (Lipinski definition) is 4. The molecule has 26 heavy (non-hydrogen) atoms. The van der Waals surface area contributed by atoms with Crippen LogP contribution in [0.3, 0.4) is 0 Å². The van der Waals surface area contributed by atoms with Gasteiger partial charge >= 0.3 is 7.48 Å². The average Bonchev–Trinajstić information content (AvgIpc) is 2.97. The maximum Gasteiger partial charge on any atom is 0.309 e. The number of nitrogens with zero attached hydrogens (tertiary/aromatic N) is 1. The molecule has 0 unspecified atom stereocenters. The molecule has 0 aliphatic carbocycles. The highest BCUT2D eigenvalue weighted by Crippen LogP contribution is 2.33. The number of fused-ring (bicyclic) bond motifs is 5. The van der Waals surface area contributed by atoms with Crippen LogP contribution in [0.15, 0.2) is 53.2 Å². The van der Waals surface area contributed by atoms with Gasteiger partial charge in [0, 0.05) is 17.0 Å². The number of benzene rings is 2. The molecule has 0 saturated heterocycles. The highest BCUT2D eigenvalue weighted by Gasteiger charge is 2.35. The fourth-order valence-corrected chi connectivity index (χ4v) is 3.04. The van der Waals surface area contributed by atoms with Crippen LogP contribution in [-0.2, 0) is 4.65 Å². The van der Waals surface area contributed by atoms with Gasteiger partial charge in [-0.05, 0) is 50.6 Å². The van der Waals surface area contributed by atoms with Gasteiger partial charge in [0.05, 0.1) is 17.4 Å². The number of aromatic nitrogens is 1. The van der Waals surface area contributed by atoms with Gasteiger partial charge in [0.15, 0.2) is 5.58 Å². The smallest absolute Gasteiger partial charge is 0.309 e. The van der Waals surface area contributed by atoms with Crippen molar-refractivity contribution >= 4 is 45.7 Å². The molecule has 1 N–H and O–H groups in total. The van der Waals surface area contributed by atoms with Crippen molar-refractivity contribution in [2.24, 2.45) is 0 Å². The number of pyridine rings is 1. The van der Waals surface area contributed by atoms with E-state index in [9.17, 15) is 5.11 Å². The summed E-state index contributed by atoms with van der Waals surface area (Å²) in [7, 11) is 0.445. The molecule has 4 nitrogen and oxygen atoms in total. The molecule has 2 aromatic heterocycles. The van der Waals surface area contributed by atoms with E-state index in [-0.39, 0.29) is 0 Å².